The molecule has 1 aromatic carbocycles. The quantitative estimate of drug-likeness (QED) is 0.744. The van der Waals surface area contributed by atoms with Crippen molar-refractivity contribution in [3.63, 3.8) is 0 Å². The van der Waals surface area contributed by atoms with Crippen LogP contribution in [0.4, 0.5) is 0 Å². The molecule has 2 aromatic rings. The van der Waals surface area contributed by atoms with Crippen molar-refractivity contribution in [2.75, 3.05) is 26.2 Å². The maximum absolute atomic E-state index is 11.3. The van der Waals surface area contributed by atoms with E-state index in [1.807, 2.05) is 24.3 Å². The monoisotopic (exact) mass is 369 g/mol. The second-order valence-corrected chi connectivity index (χ2v) is 7.62. The molecule has 4 rings (SSSR count). The highest BCUT2D eigenvalue weighted by molar-refractivity contribution is 5.79. The average molecular weight is 369 g/mol. The van der Waals surface area contributed by atoms with Gasteiger partial charge in [-0.2, -0.15) is 4.98 Å². The van der Waals surface area contributed by atoms with Crippen LogP contribution in [0.1, 0.15) is 44.4 Å². The van der Waals surface area contributed by atoms with Crippen molar-refractivity contribution >= 4 is 5.78 Å². The van der Waals surface area contributed by atoms with E-state index in [1.54, 1.807) is 0 Å². The molecule has 2 aliphatic rings. The van der Waals surface area contributed by atoms with E-state index < -0.39 is 0 Å². The SMILES string of the molecule is O=C1CCC(Cc2nc(-c3ccc(OCCN4CCCC4)cc3)no2)CC1. The summed E-state index contributed by atoms with van der Waals surface area (Å²) in [5, 5.41) is 4.11. The molecule has 0 bridgehead atoms. The van der Waals surface area contributed by atoms with E-state index in [0.29, 0.717) is 36.3 Å². The van der Waals surface area contributed by atoms with Gasteiger partial charge in [0.05, 0.1) is 0 Å². The molecule has 6 nitrogen and oxygen atoms in total. The predicted octanol–water partition coefficient (Wildman–Crippen LogP) is 3.51. The third-order valence-electron chi connectivity index (χ3n) is 5.58. The van der Waals surface area contributed by atoms with E-state index in [9.17, 15) is 4.79 Å². The van der Waals surface area contributed by atoms with Crippen LogP contribution in [-0.2, 0) is 11.2 Å². The molecule has 0 unspecified atom stereocenters. The van der Waals surface area contributed by atoms with Crippen molar-refractivity contribution in [3.8, 4) is 17.1 Å². The largest absolute Gasteiger partial charge is 0.492 e. The molecular formula is C21H27N3O3. The van der Waals surface area contributed by atoms with Crippen molar-refractivity contribution in [1.82, 2.24) is 15.0 Å². The fraction of sp³-hybridized carbons (Fsp3) is 0.571. The minimum atomic E-state index is 0.375. The molecule has 6 heteroatoms. The highest BCUT2D eigenvalue weighted by Crippen LogP contribution is 2.26. The number of nitrogens with zero attached hydrogens (tertiary/aromatic N) is 3. The molecule has 0 amide bonds. The number of likely N-dealkylation sites (tertiary alicyclic amines) is 1. The van der Waals surface area contributed by atoms with Gasteiger partial charge in [0.15, 0.2) is 0 Å². The Labute approximate surface area is 159 Å². The summed E-state index contributed by atoms with van der Waals surface area (Å²) in [6.07, 6.45) is 6.61. The zero-order chi connectivity index (χ0) is 18.5. The van der Waals surface area contributed by atoms with Crippen LogP contribution in [0.3, 0.4) is 0 Å². The van der Waals surface area contributed by atoms with E-state index in [0.717, 1.165) is 43.7 Å². The number of ketones is 1. The Balaban J connectivity index is 1.28. The van der Waals surface area contributed by atoms with Crippen LogP contribution in [0.5, 0.6) is 5.75 Å². The Morgan fingerprint density at radius 2 is 1.85 bits per heavy atom. The summed E-state index contributed by atoms with van der Waals surface area (Å²) in [5.74, 6) is 2.99. The van der Waals surface area contributed by atoms with Crippen molar-refractivity contribution in [2.24, 2.45) is 5.92 Å². The van der Waals surface area contributed by atoms with Gasteiger partial charge in [0, 0.05) is 31.4 Å². The van der Waals surface area contributed by atoms with Crippen LogP contribution < -0.4 is 4.74 Å². The lowest BCUT2D eigenvalue weighted by Gasteiger charge is -2.18. The zero-order valence-corrected chi connectivity index (χ0v) is 15.7. The lowest BCUT2D eigenvalue weighted by molar-refractivity contribution is -0.121. The maximum Gasteiger partial charge on any atom is 0.227 e. The highest BCUT2D eigenvalue weighted by atomic mass is 16.5. The number of Topliss-reactive ketones (excluding diaryl/α,β-unsaturated/α-hetero) is 1. The average Bonchev–Trinajstić information content (AvgIpc) is 3.36. The molecule has 0 atom stereocenters. The number of ether oxygens (including phenoxy) is 1. The molecule has 1 aliphatic heterocycles. The molecule has 2 heterocycles. The lowest BCUT2D eigenvalue weighted by Crippen LogP contribution is -2.25. The minimum Gasteiger partial charge on any atom is -0.492 e. The van der Waals surface area contributed by atoms with Gasteiger partial charge in [-0.05, 0) is 69.0 Å². The normalized spacial score (nSPS) is 18.9. The van der Waals surface area contributed by atoms with Gasteiger partial charge >= 0.3 is 0 Å². The van der Waals surface area contributed by atoms with Crippen LogP contribution in [0, 0.1) is 5.92 Å². The van der Waals surface area contributed by atoms with Gasteiger partial charge in [-0.25, -0.2) is 0 Å². The number of carbonyl (C=O) groups excluding carboxylic acids is 1. The van der Waals surface area contributed by atoms with E-state index in [2.05, 4.69) is 15.0 Å². The topological polar surface area (TPSA) is 68.5 Å². The van der Waals surface area contributed by atoms with Crippen molar-refractivity contribution in [1.29, 1.82) is 0 Å². The number of carbonyl (C=O) groups is 1. The third-order valence-corrected chi connectivity index (χ3v) is 5.58. The fourth-order valence-electron chi connectivity index (χ4n) is 3.90. The van der Waals surface area contributed by atoms with Crippen molar-refractivity contribution in [3.05, 3.63) is 30.2 Å². The molecule has 1 saturated heterocycles. The third kappa shape index (κ3) is 4.95. The predicted molar refractivity (Wildman–Crippen MR) is 102 cm³/mol. The summed E-state index contributed by atoms with van der Waals surface area (Å²) >= 11 is 0. The molecular weight excluding hydrogens is 342 g/mol. The minimum absolute atomic E-state index is 0.375. The zero-order valence-electron chi connectivity index (χ0n) is 15.7. The van der Waals surface area contributed by atoms with Crippen molar-refractivity contribution in [2.45, 2.75) is 44.9 Å². The first-order valence-corrected chi connectivity index (χ1v) is 10.1. The molecule has 0 N–H and O–H groups in total. The Hall–Kier alpha value is -2.21. The van der Waals surface area contributed by atoms with Crippen LogP contribution in [-0.4, -0.2) is 47.1 Å². The second-order valence-electron chi connectivity index (χ2n) is 7.62. The van der Waals surface area contributed by atoms with Crippen LogP contribution >= 0.6 is 0 Å². The summed E-state index contributed by atoms with van der Waals surface area (Å²) in [7, 11) is 0. The number of aromatic nitrogens is 2. The van der Waals surface area contributed by atoms with Gasteiger partial charge in [-0.15, -0.1) is 0 Å². The highest BCUT2D eigenvalue weighted by Gasteiger charge is 2.21. The first-order chi connectivity index (χ1) is 13.3. The molecule has 1 saturated carbocycles. The van der Waals surface area contributed by atoms with Gasteiger partial charge in [0.25, 0.3) is 0 Å². The Morgan fingerprint density at radius 1 is 1.11 bits per heavy atom. The number of rotatable bonds is 7. The van der Waals surface area contributed by atoms with Gasteiger partial charge in [0.1, 0.15) is 18.1 Å². The molecule has 1 aliphatic carbocycles. The van der Waals surface area contributed by atoms with Gasteiger partial charge in [0.2, 0.25) is 11.7 Å². The van der Waals surface area contributed by atoms with E-state index >= 15 is 0 Å². The number of benzene rings is 1. The fourth-order valence-corrected chi connectivity index (χ4v) is 3.90. The molecule has 0 spiro atoms. The first-order valence-electron chi connectivity index (χ1n) is 10.1. The smallest absolute Gasteiger partial charge is 0.227 e. The van der Waals surface area contributed by atoms with E-state index in [-0.39, 0.29) is 0 Å². The molecule has 1 aromatic heterocycles. The molecule has 27 heavy (non-hydrogen) atoms. The standard InChI is InChI=1S/C21H27N3O3/c25-18-7-3-16(4-8-18)15-20-22-21(23-27-20)17-5-9-19(10-6-17)26-14-13-24-11-1-2-12-24/h5-6,9-10,16H,1-4,7-8,11-15H2. The lowest BCUT2D eigenvalue weighted by atomic mass is 9.86. The number of hydrogen-bond donors (Lipinski definition) is 0. The molecule has 144 valence electrons. The van der Waals surface area contributed by atoms with Crippen LogP contribution in [0.2, 0.25) is 0 Å². The summed E-state index contributed by atoms with van der Waals surface area (Å²) in [5.41, 5.74) is 0.927. The van der Waals surface area contributed by atoms with Crippen molar-refractivity contribution < 1.29 is 14.1 Å². The van der Waals surface area contributed by atoms with E-state index in [1.165, 1.54) is 25.9 Å². The second kappa shape index (κ2) is 8.65. The Morgan fingerprint density at radius 3 is 2.59 bits per heavy atom. The first kappa shape index (κ1) is 18.2. The van der Waals surface area contributed by atoms with E-state index in [4.69, 9.17) is 9.26 Å². The van der Waals surface area contributed by atoms with Crippen LogP contribution in [0.15, 0.2) is 28.8 Å². The van der Waals surface area contributed by atoms with Gasteiger partial charge in [-0.1, -0.05) is 5.16 Å². The Kier molecular flexibility index (Phi) is 5.82. The Bertz CT molecular complexity index is 740. The van der Waals surface area contributed by atoms with Crippen LogP contribution in [0.25, 0.3) is 11.4 Å². The van der Waals surface area contributed by atoms with Gasteiger partial charge < -0.3 is 9.26 Å². The summed E-state index contributed by atoms with van der Waals surface area (Å²) in [4.78, 5) is 18.3. The molecule has 0 radical (unpaired) electrons. The molecule has 2 fully saturated rings. The number of hydrogen-bond acceptors (Lipinski definition) is 6. The summed E-state index contributed by atoms with van der Waals surface area (Å²) in [6, 6.07) is 7.86. The maximum atomic E-state index is 11.3. The van der Waals surface area contributed by atoms with Gasteiger partial charge in [-0.3, -0.25) is 9.69 Å². The summed E-state index contributed by atoms with van der Waals surface area (Å²) in [6.45, 7) is 4.09. The summed E-state index contributed by atoms with van der Waals surface area (Å²) < 4.78 is 11.3.